The Balaban J connectivity index is 1.56. The van der Waals surface area contributed by atoms with Crippen molar-refractivity contribution < 1.29 is 27.8 Å². The van der Waals surface area contributed by atoms with Crippen molar-refractivity contribution in [3.05, 3.63) is 63.4 Å². The number of aromatic nitrogens is 2. The monoisotopic (exact) mass is 485 g/mol. The van der Waals surface area contributed by atoms with Gasteiger partial charge in [-0.1, -0.05) is 0 Å². The van der Waals surface area contributed by atoms with E-state index in [2.05, 4.69) is 5.10 Å². The number of nitrogens with zero attached hydrogens (tertiary/aromatic N) is 3. The Bertz CT molecular complexity index is 1390. The molecule has 35 heavy (non-hydrogen) atoms. The number of halogens is 3. The van der Waals surface area contributed by atoms with Crippen LogP contribution in [0.3, 0.4) is 0 Å². The minimum atomic E-state index is -4.68. The second-order valence-electron chi connectivity index (χ2n) is 9.03. The smallest absolute Gasteiger partial charge is 0.418 e. The van der Waals surface area contributed by atoms with E-state index in [0.29, 0.717) is 66.4 Å². The number of alkyl halides is 3. The Morgan fingerprint density at radius 3 is 2.60 bits per heavy atom. The lowest BCUT2D eigenvalue weighted by Gasteiger charge is -2.22. The van der Waals surface area contributed by atoms with E-state index >= 15 is 0 Å². The second kappa shape index (κ2) is 8.01. The fourth-order valence-corrected chi connectivity index (χ4v) is 5.12. The highest BCUT2D eigenvalue weighted by Crippen LogP contribution is 2.39. The van der Waals surface area contributed by atoms with Gasteiger partial charge in [0.15, 0.2) is 11.5 Å². The first kappa shape index (κ1) is 22.0. The van der Waals surface area contributed by atoms with Crippen molar-refractivity contribution in [2.24, 2.45) is 0 Å². The fourth-order valence-electron chi connectivity index (χ4n) is 5.12. The van der Waals surface area contributed by atoms with Gasteiger partial charge in [0.25, 0.3) is 5.56 Å². The van der Waals surface area contributed by atoms with Crippen molar-refractivity contribution in [2.45, 2.75) is 38.0 Å². The van der Waals surface area contributed by atoms with Crippen LogP contribution >= 0.6 is 0 Å². The SMILES string of the molecule is O=c1c2c(c(-c3ccc4c(c3)OCO4)nn1-c1cc(N3CC[C@H](O)C3)ccc1C(F)(F)F)CCC2. The summed E-state index contributed by atoms with van der Waals surface area (Å²) < 4.78 is 53.9. The first-order valence-electron chi connectivity index (χ1n) is 11.5. The molecule has 10 heteroatoms. The molecule has 3 aromatic rings. The number of rotatable bonds is 3. The van der Waals surface area contributed by atoms with Gasteiger partial charge in [0.1, 0.15) is 0 Å². The number of aliphatic hydroxyl groups is 1. The quantitative estimate of drug-likeness (QED) is 0.610. The number of β-amino-alcohol motifs (C(OH)–C–C–N with tert-alkyl or cyclic N) is 1. The van der Waals surface area contributed by atoms with Crippen LogP contribution in [0.1, 0.15) is 29.5 Å². The Morgan fingerprint density at radius 1 is 1.03 bits per heavy atom. The summed E-state index contributed by atoms with van der Waals surface area (Å²) in [7, 11) is 0. The van der Waals surface area contributed by atoms with Crippen LogP contribution in [-0.4, -0.2) is 40.9 Å². The zero-order valence-corrected chi connectivity index (χ0v) is 18.6. The lowest BCUT2D eigenvalue weighted by molar-refractivity contribution is -0.137. The molecular formula is C25H22F3N3O4. The molecule has 2 aromatic carbocycles. The summed E-state index contributed by atoms with van der Waals surface area (Å²) in [4.78, 5) is 15.2. The maximum absolute atomic E-state index is 14.1. The molecule has 1 atom stereocenters. The summed E-state index contributed by atoms with van der Waals surface area (Å²) in [5.74, 6) is 1.11. The second-order valence-corrected chi connectivity index (χ2v) is 9.03. The summed E-state index contributed by atoms with van der Waals surface area (Å²) in [5, 5.41) is 14.4. The summed E-state index contributed by atoms with van der Waals surface area (Å²) in [5.41, 5.74) is 1.07. The molecule has 3 heterocycles. The van der Waals surface area contributed by atoms with Gasteiger partial charge in [0.05, 0.1) is 23.0 Å². The maximum atomic E-state index is 14.1. The zero-order chi connectivity index (χ0) is 24.3. The molecule has 7 nitrogen and oxygen atoms in total. The standard InChI is InChI=1S/C25H22F3N3O4/c26-25(27,28)19-6-5-15(30-9-8-16(32)12-30)11-20(19)31-24(33)18-3-1-2-17(18)23(29-31)14-4-7-21-22(10-14)35-13-34-21/h4-7,10-11,16,32H,1-3,8-9,12-13H2/t16-/m0/s1. The number of hydrogen-bond acceptors (Lipinski definition) is 6. The van der Waals surface area contributed by atoms with Crippen LogP contribution in [0.15, 0.2) is 41.2 Å². The molecule has 0 saturated carbocycles. The normalized spacial score (nSPS) is 18.9. The minimum Gasteiger partial charge on any atom is -0.454 e. The molecule has 3 aliphatic rings. The van der Waals surface area contributed by atoms with Crippen LogP contribution in [0.2, 0.25) is 0 Å². The molecule has 0 spiro atoms. The van der Waals surface area contributed by atoms with Gasteiger partial charge in [-0.05, 0) is 67.6 Å². The number of aliphatic hydroxyl groups excluding tert-OH is 1. The van der Waals surface area contributed by atoms with Crippen LogP contribution in [0.25, 0.3) is 16.9 Å². The summed E-state index contributed by atoms with van der Waals surface area (Å²) >= 11 is 0. The van der Waals surface area contributed by atoms with E-state index in [9.17, 15) is 23.1 Å². The molecule has 0 unspecified atom stereocenters. The number of hydrogen-bond donors (Lipinski definition) is 1. The van der Waals surface area contributed by atoms with Gasteiger partial charge in [-0.15, -0.1) is 0 Å². The van der Waals surface area contributed by atoms with Crippen LogP contribution in [0.5, 0.6) is 11.5 Å². The predicted octanol–water partition coefficient (Wildman–Crippen LogP) is 3.71. The molecule has 182 valence electrons. The molecule has 1 aromatic heterocycles. The molecule has 1 aliphatic carbocycles. The molecule has 0 amide bonds. The number of ether oxygens (including phenoxy) is 2. The Labute approximate surface area is 198 Å². The number of anilines is 1. The molecule has 1 fully saturated rings. The topological polar surface area (TPSA) is 76.8 Å². The largest absolute Gasteiger partial charge is 0.454 e. The van der Waals surface area contributed by atoms with Gasteiger partial charge < -0.3 is 19.5 Å². The van der Waals surface area contributed by atoms with Crippen molar-refractivity contribution in [2.75, 3.05) is 24.8 Å². The number of benzene rings is 2. The third-order valence-electron chi connectivity index (χ3n) is 6.84. The summed E-state index contributed by atoms with van der Waals surface area (Å²) in [6.45, 7) is 0.928. The lowest BCUT2D eigenvalue weighted by Crippen LogP contribution is -2.29. The van der Waals surface area contributed by atoms with Crippen molar-refractivity contribution in [1.29, 1.82) is 0 Å². The van der Waals surface area contributed by atoms with Crippen LogP contribution < -0.4 is 19.9 Å². The molecule has 0 radical (unpaired) electrons. The highest BCUT2D eigenvalue weighted by molar-refractivity contribution is 5.69. The van der Waals surface area contributed by atoms with Crippen molar-refractivity contribution in [1.82, 2.24) is 9.78 Å². The maximum Gasteiger partial charge on any atom is 0.418 e. The highest BCUT2D eigenvalue weighted by atomic mass is 19.4. The zero-order valence-electron chi connectivity index (χ0n) is 18.6. The van der Waals surface area contributed by atoms with Crippen molar-refractivity contribution in [3.8, 4) is 28.4 Å². The van der Waals surface area contributed by atoms with Gasteiger partial charge in [-0.2, -0.15) is 23.0 Å². The first-order chi connectivity index (χ1) is 16.8. The van der Waals surface area contributed by atoms with Gasteiger partial charge in [0, 0.05) is 29.9 Å². The third-order valence-corrected chi connectivity index (χ3v) is 6.84. The van der Waals surface area contributed by atoms with E-state index in [-0.39, 0.29) is 12.5 Å². The van der Waals surface area contributed by atoms with E-state index in [0.717, 1.165) is 22.7 Å². The molecule has 0 bridgehead atoms. The van der Waals surface area contributed by atoms with E-state index < -0.39 is 23.4 Å². The van der Waals surface area contributed by atoms with Gasteiger partial charge >= 0.3 is 6.18 Å². The van der Waals surface area contributed by atoms with E-state index in [1.807, 2.05) is 4.90 Å². The van der Waals surface area contributed by atoms with Gasteiger partial charge in [-0.25, -0.2) is 0 Å². The minimum absolute atomic E-state index is 0.0940. The van der Waals surface area contributed by atoms with Crippen LogP contribution in [0.4, 0.5) is 18.9 Å². The number of fused-ring (bicyclic) bond motifs is 2. The van der Waals surface area contributed by atoms with Crippen LogP contribution in [-0.2, 0) is 19.0 Å². The average molecular weight is 485 g/mol. The molecule has 6 rings (SSSR count). The Morgan fingerprint density at radius 2 is 1.83 bits per heavy atom. The van der Waals surface area contributed by atoms with E-state index in [1.165, 1.54) is 12.1 Å². The predicted molar refractivity (Wildman–Crippen MR) is 121 cm³/mol. The molecule has 1 saturated heterocycles. The lowest BCUT2D eigenvalue weighted by atomic mass is 10.0. The van der Waals surface area contributed by atoms with E-state index in [4.69, 9.17) is 9.47 Å². The summed E-state index contributed by atoms with van der Waals surface area (Å²) in [6.07, 6.45) is -2.86. The molecular weight excluding hydrogens is 463 g/mol. The fraction of sp³-hybridized carbons (Fsp3) is 0.360. The van der Waals surface area contributed by atoms with Crippen LogP contribution in [0, 0.1) is 0 Å². The van der Waals surface area contributed by atoms with Gasteiger partial charge in [0.2, 0.25) is 6.79 Å². The average Bonchev–Trinajstić information content (AvgIpc) is 3.59. The summed E-state index contributed by atoms with van der Waals surface area (Å²) in [6, 6.07) is 8.95. The van der Waals surface area contributed by atoms with Crippen molar-refractivity contribution >= 4 is 5.69 Å². The Kier molecular flexibility index (Phi) is 5.03. The Hall–Kier alpha value is -3.53. The molecule has 2 aliphatic heterocycles. The van der Waals surface area contributed by atoms with Gasteiger partial charge in [-0.3, -0.25) is 4.79 Å². The third kappa shape index (κ3) is 3.72. The van der Waals surface area contributed by atoms with Crippen molar-refractivity contribution in [3.63, 3.8) is 0 Å². The first-order valence-corrected chi connectivity index (χ1v) is 11.5. The van der Waals surface area contributed by atoms with E-state index in [1.54, 1.807) is 18.2 Å². The highest BCUT2D eigenvalue weighted by Gasteiger charge is 2.36. The molecule has 1 N–H and O–H groups in total.